The van der Waals surface area contributed by atoms with Crippen LogP contribution in [0.15, 0.2) is 36.4 Å². The molecule has 3 heterocycles. The third kappa shape index (κ3) is 2.84. The minimum Gasteiger partial charge on any atom is -0.462 e. The zero-order valence-electron chi connectivity index (χ0n) is 14.5. The lowest BCUT2D eigenvalue weighted by molar-refractivity contribution is -0.141. The van der Waals surface area contributed by atoms with Crippen molar-refractivity contribution < 1.29 is 33.6 Å². The number of esters is 1. The molecule has 0 radical (unpaired) electrons. The Bertz CT molecular complexity index is 909. The molecule has 5 rings (SSSR count). The van der Waals surface area contributed by atoms with Crippen LogP contribution in [-0.4, -0.2) is 36.9 Å². The fourth-order valence-corrected chi connectivity index (χ4v) is 3.77. The highest BCUT2D eigenvalue weighted by atomic mass is 16.7. The number of hydrogen-bond donors (Lipinski definition) is 1. The van der Waals surface area contributed by atoms with Gasteiger partial charge in [0, 0.05) is 6.42 Å². The molecule has 27 heavy (non-hydrogen) atoms. The smallest absolute Gasteiger partial charge is 0.312 e. The molecule has 0 aliphatic carbocycles. The Morgan fingerprint density at radius 2 is 1.44 bits per heavy atom. The van der Waals surface area contributed by atoms with Crippen LogP contribution >= 0.6 is 0 Å². The normalized spacial score (nSPS) is 24.9. The molecule has 1 fully saturated rings. The fourth-order valence-electron chi connectivity index (χ4n) is 3.77. The van der Waals surface area contributed by atoms with Gasteiger partial charge in [-0.15, -0.1) is 0 Å². The van der Waals surface area contributed by atoms with Crippen molar-refractivity contribution in [2.45, 2.75) is 18.4 Å². The molecular formula is C20H18O7. The SMILES string of the molecule is O=C1OC[C@@](O)(Cc2ccc3c(c2)OCO3)[C@H]1Cc1ccc2c(c1)OCO2. The first-order valence-corrected chi connectivity index (χ1v) is 8.77. The molecule has 0 spiro atoms. The molecule has 2 aromatic rings. The number of carbonyl (C=O) groups is 1. The zero-order chi connectivity index (χ0) is 18.4. The summed E-state index contributed by atoms with van der Waals surface area (Å²) in [5.74, 6) is 1.61. The minimum absolute atomic E-state index is 0.0322. The van der Waals surface area contributed by atoms with Crippen LogP contribution in [0.25, 0.3) is 0 Å². The number of hydrogen-bond acceptors (Lipinski definition) is 7. The van der Waals surface area contributed by atoms with Crippen molar-refractivity contribution in [2.24, 2.45) is 5.92 Å². The summed E-state index contributed by atoms with van der Waals surface area (Å²) in [6.45, 7) is 0.352. The third-order valence-corrected chi connectivity index (χ3v) is 5.22. The number of fused-ring (bicyclic) bond motifs is 2. The standard InChI is InChI=1S/C20H18O7/c21-19-14(5-12-1-3-15-17(6-12)26-10-24-15)20(22,9-23-19)8-13-2-4-16-18(7-13)27-11-25-16/h1-4,6-7,14,22H,5,8-11H2/t14-,20-/m0/s1. The summed E-state index contributed by atoms with van der Waals surface area (Å²) < 4.78 is 26.6. The van der Waals surface area contributed by atoms with Gasteiger partial charge in [0.1, 0.15) is 12.2 Å². The Balaban J connectivity index is 1.38. The number of carbonyl (C=O) groups excluding carboxylic acids is 1. The van der Waals surface area contributed by atoms with Crippen molar-refractivity contribution in [3.63, 3.8) is 0 Å². The number of cyclic esters (lactones) is 1. The molecule has 0 amide bonds. The van der Waals surface area contributed by atoms with E-state index in [0.717, 1.165) is 11.1 Å². The lowest BCUT2D eigenvalue weighted by atomic mass is 9.81. The summed E-state index contributed by atoms with van der Waals surface area (Å²) in [7, 11) is 0. The quantitative estimate of drug-likeness (QED) is 0.822. The molecule has 1 saturated heterocycles. The van der Waals surface area contributed by atoms with E-state index in [4.69, 9.17) is 23.7 Å². The van der Waals surface area contributed by atoms with Gasteiger partial charge in [-0.1, -0.05) is 12.1 Å². The largest absolute Gasteiger partial charge is 0.462 e. The monoisotopic (exact) mass is 370 g/mol. The first-order valence-electron chi connectivity index (χ1n) is 8.77. The van der Waals surface area contributed by atoms with E-state index in [1.165, 1.54) is 0 Å². The maximum Gasteiger partial charge on any atom is 0.312 e. The molecule has 0 saturated carbocycles. The maximum atomic E-state index is 12.3. The molecule has 2 aromatic carbocycles. The summed E-state index contributed by atoms with van der Waals surface area (Å²) in [6.07, 6.45) is 0.640. The second-order valence-corrected chi connectivity index (χ2v) is 7.02. The van der Waals surface area contributed by atoms with Gasteiger partial charge < -0.3 is 28.8 Å². The van der Waals surface area contributed by atoms with Gasteiger partial charge in [0.2, 0.25) is 13.6 Å². The molecule has 140 valence electrons. The van der Waals surface area contributed by atoms with Gasteiger partial charge in [0.25, 0.3) is 0 Å². The summed E-state index contributed by atoms with van der Waals surface area (Å²) in [5, 5.41) is 11.2. The number of ether oxygens (including phenoxy) is 5. The van der Waals surface area contributed by atoms with Gasteiger partial charge in [-0.2, -0.15) is 0 Å². The molecule has 7 nitrogen and oxygen atoms in total. The van der Waals surface area contributed by atoms with Crippen LogP contribution in [0.4, 0.5) is 0 Å². The van der Waals surface area contributed by atoms with Crippen LogP contribution in [0.5, 0.6) is 23.0 Å². The molecule has 7 heteroatoms. The lowest BCUT2D eigenvalue weighted by Gasteiger charge is -2.26. The van der Waals surface area contributed by atoms with Gasteiger partial charge in [0.15, 0.2) is 23.0 Å². The second-order valence-electron chi connectivity index (χ2n) is 7.02. The average Bonchev–Trinajstić information content (AvgIpc) is 3.37. The Kier molecular flexibility index (Phi) is 3.65. The second kappa shape index (κ2) is 6.06. The van der Waals surface area contributed by atoms with E-state index in [2.05, 4.69) is 0 Å². The summed E-state index contributed by atoms with van der Waals surface area (Å²) >= 11 is 0. The van der Waals surface area contributed by atoms with Gasteiger partial charge in [-0.3, -0.25) is 4.79 Å². The van der Waals surface area contributed by atoms with E-state index in [1.54, 1.807) is 0 Å². The maximum absolute atomic E-state index is 12.3. The van der Waals surface area contributed by atoms with E-state index in [-0.39, 0.29) is 26.6 Å². The van der Waals surface area contributed by atoms with Crippen LogP contribution in [0.1, 0.15) is 11.1 Å². The zero-order valence-corrected chi connectivity index (χ0v) is 14.5. The number of benzene rings is 2. The third-order valence-electron chi connectivity index (χ3n) is 5.22. The summed E-state index contributed by atoms with van der Waals surface area (Å²) in [5.41, 5.74) is 0.448. The van der Waals surface area contributed by atoms with Crippen LogP contribution < -0.4 is 18.9 Å². The van der Waals surface area contributed by atoms with E-state index >= 15 is 0 Å². The van der Waals surface area contributed by atoms with Crippen LogP contribution in [0.2, 0.25) is 0 Å². The summed E-state index contributed by atoms with van der Waals surface area (Å²) in [4.78, 5) is 12.3. The van der Waals surface area contributed by atoms with Crippen LogP contribution in [0.3, 0.4) is 0 Å². The van der Waals surface area contributed by atoms with Crippen molar-refractivity contribution in [1.82, 2.24) is 0 Å². The predicted octanol–water partition coefficient (Wildman–Crippen LogP) is 1.83. The van der Waals surface area contributed by atoms with E-state index in [9.17, 15) is 9.90 Å². The molecule has 0 unspecified atom stereocenters. The Morgan fingerprint density at radius 1 is 0.852 bits per heavy atom. The first-order chi connectivity index (χ1) is 13.1. The Morgan fingerprint density at radius 3 is 2.15 bits per heavy atom. The van der Waals surface area contributed by atoms with E-state index in [1.807, 2.05) is 36.4 Å². The highest BCUT2D eigenvalue weighted by Gasteiger charge is 2.49. The van der Waals surface area contributed by atoms with E-state index < -0.39 is 17.5 Å². The molecular weight excluding hydrogens is 352 g/mol. The highest BCUT2D eigenvalue weighted by molar-refractivity contribution is 5.77. The predicted molar refractivity (Wildman–Crippen MR) is 91.9 cm³/mol. The Labute approximate surface area is 155 Å². The fraction of sp³-hybridized carbons (Fsp3) is 0.350. The topological polar surface area (TPSA) is 83.5 Å². The van der Waals surface area contributed by atoms with Crippen molar-refractivity contribution in [2.75, 3.05) is 20.2 Å². The lowest BCUT2D eigenvalue weighted by Crippen LogP contribution is -2.41. The van der Waals surface area contributed by atoms with Gasteiger partial charge in [-0.25, -0.2) is 0 Å². The van der Waals surface area contributed by atoms with Gasteiger partial charge in [-0.05, 0) is 41.8 Å². The van der Waals surface area contributed by atoms with Crippen LogP contribution in [0, 0.1) is 5.92 Å². The Hall–Kier alpha value is -2.93. The minimum atomic E-state index is -1.29. The number of rotatable bonds is 4. The molecule has 1 N–H and O–H groups in total. The van der Waals surface area contributed by atoms with Gasteiger partial charge >= 0.3 is 5.97 Å². The molecule has 2 atom stereocenters. The molecule has 0 aromatic heterocycles. The first kappa shape index (κ1) is 16.3. The van der Waals surface area contributed by atoms with Crippen LogP contribution in [-0.2, 0) is 22.4 Å². The van der Waals surface area contributed by atoms with Crippen molar-refractivity contribution in [1.29, 1.82) is 0 Å². The van der Waals surface area contributed by atoms with Crippen molar-refractivity contribution >= 4 is 5.97 Å². The molecule has 0 bridgehead atoms. The average molecular weight is 370 g/mol. The number of aliphatic hydroxyl groups is 1. The highest BCUT2D eigenvalue weighted by Crippen LogP contribution is 2.38. The van der Waals surface area contributed by atoms with E-state index in [0.29, 0.717) is 29.4 Å². The molecule has 3 aliphatic heterocycles. The van der Waals surface area contributed by atoms with Crippen molar-refractivity contribution in [3.8, 4) is 23.0 Å². The van der Waals surface area contributed by atoms with Gasteiger partial charge in [0.05, 0.1) is 5.92 Å². The summed E-state index contributed by atoms with van der Waals surface area (Å²) in [6, 6.07) is 11.0. The molecule has 3 aliphatic rings. The van der Waals surface area contributed by atoms with Crippen molar-refractivity contribution in [3.05, 3.63) is 47.5 Å².